The van der Waals surface area contributed by atoms with Crippen LogP contribution in [0.5, 0.6) is 0 Å². The first-order chi connectivity index (χ1) is 7.48. The third kappa shape index (κ3) is 5.58. The minimum Gasteiger partial charge on any atom is -0.328 e. The van der Waals surface area contributed by atoms with Gasteiger partial charge in [0.15, 0.2) is 0 Å². The van der Waals surface area contributed by atoms with Crippen LogP contribution in [0.4, 0.5) is 0 Å². The van der Waals surface area contributed by atoms with Crippen LogP contribution in [-0.2, 0) is 4.52 Å². The predicted octanol–water partition coefficient (Wildman–Crippen LogP) is 3.99. The second kappa shape index (κ2) is 8.41. The van der Waals surface area contributed by atoms with Crippen LogP contribution in [0.2, 0.25) is 0 Å². The SMILES string of the molecule is CCCCC(CCCC)(OP(O)O)C(C)C. The maximum Gasteiger partial charge on any atom is 0.327 e. The Morgan fingerprint density at radius 2 is 1.50 bits per heavy atom. The number of rotatable bonds is 9. The standard InChI is InChI=1S/C12H27O3P/c1-5-7-9-12(11(3)4,10-8-6-2)15-16(13)14/h11,13-14H,5-10H2,1-4H3. The van der Waals surface area contributed by atoms with Gasteiger partial charge in [0, 0.05) is 0 Å². The minimum absolute atomic E-state index is 0.315. The van der Waals surface area contributed by atoms with Crippen molar-refractivity contribution in [3.63, 3.8) is 0 Å². The van der Waals surface area contributed by atoms with Gasteiger partial charge in [-0.2, -0.15) is 0 Å². The monoisotopic (exact) mass is 250 g/mol. The lowest BCUT2D eigenvalue weighted by atomic mass is 9.81. The van der Waals surface area contributed by atoms with Gasteiger partial charge in [-0.3, -0.25) is 0 Å². The molecule has 0 amide bonds. The molecule has 0 aliphatic carbocycles. The Labute approximate surface area is 101 Å². The van der Waals surface area contributed by atoms with E-state index in [1.807, 2.05) is 0 Å². The molecule has 0 heterocycles. The molecule has 0 aliphatic heterocycles. The molecule has 0 aliphatic rings. The van der Waals surface area contributed by atoms with Crippen LogP contribution in [0.25, 0.3) is 0 Å². The molecule has 0 aromatic rings. The van der Waals surface area contributed by atoms with Gasteiger partial charge in [-0.15, -0.1) is 0 Å². The first-order valence-electron chi connectivity index (χ1n) is 6.35. The summed E-state index contributed by atoms with van der Waals surface area (Å²) in [5.41, 5.74) is -0.346. The van der Waals surface area contributed by atoms with Gasteiger partial charge < -0.3 is 14.3 Å². The van der Waals surface area contributed by atoms with E-state index < -0.39 is 8.60 Å². The molecule has 0 atom stereocenters. The van der Waals surface area contributed by atoms with Gasteiger partial charge in [0.1, 0.15) is 0 Å². The van der Waals surface area contributed by atoms with Crippen molar-refractivity contribution in [1.82, 2.24) is 0 Å². The molecule has 0 aromatic carbocycles. The van der Waals surface area contributed by atoms with E-state index in [0.717, 1.165) is 38.5 Å². The summed E-state index contributed by atoms with van der Waals surface area (Å²) in [4.78, 5) is 18.3. The third-order valence-corrected chi connectivity index (χ3v) is 3.75. The zero-order valence-corrected chi connectivity index (χ0v) is 12.0. The van der Waals surface area contributed by atoms with Crippen LogP contribution in [0, 0.1) is 5.92 Å². The normalized spacial score (nSPS) is 12.8. The Morgan fingerprint density at radius 3 is 1.75 bits per heavy atom. The van der Waals surface area contributed by atoms with Crippen molar-refractivity contribution >= 4 is 8.60 Å². The molecule has 0 aromatic heterocycles. The fourth-order valence-electron chi connectivity index (χ4n) is 2.01. The van der Waals surface area contributed by atoms with Crippen LogP contribution in [-0.4, -0.2) is 15.4 Å². The molecule has 0 bridgehead atoms. The molecule has 16 heavy (non-hydrogen) atoms. The Balaban J connectivity index is 4.59. The summed E-state index contributed by atoms with van der Waals surface area (Å²) < 4.78 is 5.48. The highest BCUT2D eigenvalue weighted by molar-refractivity contribution is 7.39. The Bertz CT molecular complexity index is 164. The highest BCUT2D eigenvalue weighted by Gasteiger charge is 2.36. The second-order valence-electron chi connectivity index (χ2n) is 4.77. The van der Waals surface area contributed by atoms with Crippen molar-refractivity contribution < 1.29 is 14.3 Å². The largest absolute Gasteiger partial charge is 0.328 e. The van der Waals surface area contributed by atoms with Gasteiger partial charge in [-0.1, -0.05) is 53.4 Å². The maximum absolute atomic E-state index is 9.13. The molecule has 0 saturated heterocycles. The number of hydrogen-bond acceptors (Lipinski definition) is 3. The van der Waals surface area contributed by atoms with Crippen LogP contribution in [0.1, 0.15) is 66.2 Å². The lowest BCUT2D eigenvalue weighted by Gasteiger charge is -2.37. The molecule has 3 nitrogen and oxygen atoms in total. The molecule has 2 N–H and O–H groups in total. The Morgan fingerprint density at radius 1 is 1.06 bits per heavy atom. The van der Waals surface area contributed by atoms with E-state index in [0.29, 0.717) is 5.92 Å². The van der Waals surface area contributed by atoms with Gasteiger partial charge in [-0.05, 0) is 18.8 Å². The molecule has 0 radical (unpaired) electrons. The molecule has 0 unspecified atom stereocenters. The van der Waals surface area contributed by atoms with Crippen LogP contribution in [0.15, 0.2) is 0 Å². The molecule has 0 fully saturated rings. The van der Waals surface area contributed by atoms with Crippen molar-refractivity contribution in [2.45, 2.75) is 71.8 Å². The summed E-state index contributed by atoms with van der Waals surface area (Å²) >= 11 is 0. The maximum atomic E-state index is 9.13. The third-order valence-electron chi connectivity index (χ3n) is 3.22. The first-order valence-corrected chi connectivity index (χ1v) is 7.52. The van der Waals surface area contributed by atoms with Gasteiger partial charge in [-0.25, -0.2) is 0 Å². The van der Waals surface area contributed by atoms with E-state index >= 15 is 0 Å². The van der Waals surface area contributed by atoms with Crippen molar-refractivity contribution in [3.05, 3.63) is 0 Å². The molecule has 98 valence electrons. The molecule has 0 spiro atoms. The lowest BCUT2D eigenvalue weighted by molar-refractivity contribution is -0.00812. The summed E-state index contributed by atoms with van der Waals surface area (Å²) in [6.07, 6.45) is 6.20. The zero-order valence-electron chi connectivity index (χ0n) is 11.1. The molecule has 0 rings (SSSR count). The van der Waals surface area contributed by atoms with Gasteiger partial charge >= 0.3 is 8.60 Å². The smallest absolute Gasteiger partial charge is 0.327 e. The van der Waals surface area contributed by atoms with E-state index in [-0.39, 0.29) is 5.60 Å². The van der Waals surface area contributed by atoms with Gasteiger partial charge in [0.05, 0.1) is 5.60 Å². The number of hydrogen-bond donors (Lipinski definition) is 2. The van der Waals surface area contributed by atoms with Crippen molar-refractivity contribution in [2.24, 2.45) is 5.92 Å². The Hall–Kier alpha value is 0.310. The average Bonchev–Trinajstić information content (AvgIpc) is 2.21. The number of unbranched alkanes of at least 4 members (excludes halogenated alkanes) is 2. The van der Waals surface area contributed by atoms with E-state index in [9.17, 15) is 0 Å². The van der Waals surface area contributed by atoms with E-state index in [1.54, 1.807) is 0 Å². The molecule has 0 saturated carbocycles. The van der Waals surface area contributed by atoms with E-state index in [4.69, 9.17) is 14.3 Å². The fraction of sp³-hybridized carbons (Fsp3) is 1.00. The lowest BCUT2D eigenvalue weighted by Crippen LogP contribution is -2.37. The van der Waals surface area contributed by atoms with E-state index in [1.165, 1.54) is 0 Å². The highest BCUT2D eigenvalue weighted by Crippen LogP contribution is 2.43. The summed E-state index contributed by atoms with van der Waals surface area (Å²) in [7, 11) is -2.25. The van der Waals surface area contributed by atoms with Crippen LogP contribution in [0.3, 0.4) is 0 Å². The summed E-state index contributed by atoms with van der Waals surface area (Å²) in [5, 5.41) is 0. The molecule has 4 heteroatoms. The highest BCUT2D eigenvalue weighted by atomic mass is 31.2. The van der Waals surface area contributed by atoms with Gasteiger partial charge in [0.2, 0.25) is 0 Å². The topological polar surface area (TPSA) is 49.7 Å². The summed E-state index contributed by atoms with van der Waals surface area (Å²) in [5.74, 6) is 0.315. The Kier molecular flexibility index (Phi) is 8.57. The molecular formula is C12H27O3P. The van der Waals surface area contributed by atoms with Crippen molar-refractivity contribution in [2.75, 3.05) is 0 Å². The summed E-state index contributed by atoms with van der Waals surface area (Å²) in [6, 6.07) is 0. The minimum atomic E-state index is -2.25. The molecular weight excluding hydrogens is 223 g/mol. The van der Waals surface area contributed by atoms with Crippen molar-refractivity contribution in [3.8, 4) is 0 Å². The van der Waals surface area contributed by atoms with E-state index in [2.05, 4.69) is 27.7 Å². The zero-order chi connectivity index (χ0) is 12.6. The summed E-state index contributed by atoms with van der Waals surface area (Å²) in [6.45, 7) is 8.49. The van der Waals surface area contributed by atoms with Gasteiger partial charge in [0.25, 0.3) is 0 Å². The van der Waals surface area contributed by atoms with Crippen molar-refractivity contribution in [1.29, 1.82) is 0 Å². The fourth-order valence-corrected chi connectivity index (χ4v) is 2.73. The predicted molar refractivity (Wildman–Crippen MR) is 69.1 cm³/mol. The first kappa shape index (κ1) is 16.3. The second-order valence-corrected chi connectivity index (χ2v) is 5.46. The quantitative estimate of drug-likeness (QED) is 0.608. The van der Waals surface area contributed by atoms with Crippen LogP contribution >= 0.6 is 8.60 Å². The average molecular weight is 250 g/mol. The van der Waals surface area contributed by atoms with Crippen LogP contribution < -0.4 is 0 Å².